The highest BCUT2D eigenvalue weighted by molar-refractivity contribution is 6.26. The summed E-state index contributed by atoms with van der Waals surface area (Å²) in [7, 11) is 3.44. The highest BCUT2D eigenvalue weighted by Gasteiger charge is 2.30. The lowest BCUT2D eigenvalue weighted by molar-refractivity contribution is -0.159. The molecule has 198 valence electrons. The lowest BCUT2D eigenvalue weighted by Crippen LogP contribution is -2.54. The van der Waals surface area contributed by atoms with Gasteiger partial charge in [0.15, 0.2) is 5.78 Å². The van der Waals surface area contributed by atoms with E-state index in [0.717, 1.165) is 5.56 Å². The van der Waals surface area contributed by atoms with Gasteiger partial charge in [-0.2, -0.15) is 0 Å². The molecule has 0 aliphatic heterocycles. The molecule has 0 saturated carbocycles. The van der Waals surface area contributed by atoms with Crippen molar-refractivity contribution in [1.29, 1.82) is 5.41 Å². The van der Waals surface area contributed by atoms with Crippen LogP contribution in [0.2, 0.25) is 0 Å². The average Bonchev–Trinajstić information content (AvgIpc) is 2.78. The quantitative estimate of drug-likeness (QED) is 0.209. The van der Waals surface area contributed by atoms with E-state index in [1.807, 2.05) is 6.07 Å². The predicted molar refractivity (Wildman–Crippen MR) is 134 cm³/mol. The maximum absolute atomic E-state index is 13.2. The fourth-order valence-electron chi connectivity index (χ4n) is 3.08. The van der Waals surface area contributed by atoms with E-state index < -0.39 is 41.3 Å². The van der Waals surface area contributed by atoms with Crippen LogP contribution in [0.3, 0.4) is 0 Å². The summed E-state index contributed by atoms with van der Waals surface area (Å²) in [6, 6.07) is 6.76. The molecule has 0 heterocycles. The number of carbonyl (C=O) groups excluding carboxylic acids is 5. The van der Waals surface area contributed by atoms with Crippen molar-refractivity contribution in [2.24, 2.45) is 0 Å². The fraction of sp³-hybridized carbons (Fsp3) is 0.520. The molecule has 0 radical (unpaired) electrons. The largest absolute Gasteiger partial charge is 0.458 e. The topological polar surface area (TPSA) is 158 Å². The molecule has 0 aromatic heterocycles. The van der Waals surface area contributed by atoms with E-state index in [9.17, 15) is 24.0 Å². The van der Waals surface area contributed by atoms with Crippen LogP contribution in [-0.4, -0.2) is 85.5 Å². The number of rotatable bonds is 14. The third kappa shape index (κ3) is 12.7. The SMILES string of the molecule is CN(C)CC(=O)NCC(=O)N[C@@H](Cc1ccccc1)C(=O)N[C@@H](CCC(=O)C=N)C(=O)OC(C)(C)C. The molecule has 11 heteroatoms. The van der Waals surface area contributed by atoms with Gasteiger partial charge in [0.1, 0.15) is 17.7 Å². The number of nitrogens with zero attached hydrogens (tertiary/aromatic N) is 1. The Morgan fingerprint density at radius 1 is 1.00 bits per heavy atom. The number of likely N-dealkylation sites (N-methyl/N-ethyl adjacent to an activating group) is 1. The molecule has 2 atom stereocenters. The number of carbonyl (C=O) groups is 5. The average molecular weight is 504 g/mol. The third-order valence-corrected chi connectivity index (χ3v) is 4.69. The second-order valence-electron chi connectivity index (χ2n) is 9.57. The van der Waals surface area contributed by atoms with Gasteiger partial charge in [-0.05, 0) is 46.9 Å². The number of nitrogens with one attached hydrogen (secondary N) is 4. The van der Waals surface area contributed by atoms with E-state index in [2.05, 4.69) is 16.0 Å². The van der Waals surface area contributed by atoms with Gasteiger partial charge in [-0.3, -0.25) is 19.2 Å². The molecule has 3 amide bonds. The summed E-state index contributed by atoms with van der Waals surface area (Å²) in [5.74, 6) is -2.80. The number of benzene rings is 1. The number of ketones is 1. The molecule has 0 bridgehead atoms. The van der Waals surface area contributed by atoms with Gasteiger partial charge in [-0.25, -0.2) is 4.79 Å². The normalized spacial score (nSPS) is 12.7. The van der Waals surface area contributed by atoms with Crippen LogP contribution in [-0.2, 0) is 35.1 Å². The Kier molecular flexibility index (Phi) is 12.4. The Labute approximate surface area is 211 Å². The second-order valence-corrected chi connectivity index (χ2v) is 9.57. The van der Waals surface area contributed by atoms with Gasteiger partial charge in [0, 0.05) is 12.8 Å². The minimum absolute atomic E-state index is 0.0680. The van der Waals surface area contributed by atoms with Crippen molar-refractivity contribution in [1.82, 2.24) is 20.9 Å². The number of esters is 1. The Bertz CT molecular complexity index is 927. The van der Waals surface area contributed by atoms with Crippen molar-refractivity contribution in [2.75, 3.05) is 27.2 Å². The molecule has 1 aromatic carbocycles. The van der Waals surface area contributed by atoms with Crippen molar-refractivity contribution in [3.8, 4) is 0 Å². The summed E-state index contributed by atoms with van der Waals surface area (Å²) in [4.78, 5) is 63.6. The first kappa shape index (κ1) is 30.4. The van der Waals surface area contributed by atoms with E-state index in [0.29, 0.717) is 6.21 Å². The van der Waals surface area contributed by atoms with E-state index in [-0.39, 0.29) is 38.3 Å². The molecule has 4 N–H and O–H groups in total. The zero-order valence-corrected chi connectivity index (χ0v) is 21.6. The van der Waals surface area contributed by atoms with Crippen LogP contribution in [0.1, 0.15) is 39.2 Å². The third-order valence-electron chi connectivity index (χ3n) is 4.69. The van der Waals surface area contributed by atoms with Gasteiger partial charge in [0.25, 0.3) is 0 Å². The Balaban J connectivity index is 3.01. The highest BCUT2D eigenvalue weighted by atomic mass is 16.6. The molecular formula is C25H37N5O6. The molecule has 1 rings (SSSR count). The van der Waals surface area contributed by atoms with Crippen molar-refractivity contribution in [3.63, 3.8) is 0 Å². The van der Waals surface area contributed by atoms with Crippen LogP contribution in [0.15, 0.2) is 30.3 Å². The lowest BCUT2D eigenvalue weighted by atomic mass is 10.0. The van der Waals surface area contributed by atoms with Gasteiger partial charge in [0.05, 0.1) is 19.3 Å². The highest BCUT2D eigenvalue weighted by Crippen LogP contribution is 2.12. The summed E-state index contributed by atoms with van der Waals surface area (Å²) in [6.07, 6.45) is 0.574. The molecule has 0 unspecified atom stereocenters. The standard InChI is InChI=1S/C25H37N5O6/c1-25(2,3)36-24(35)19(12-11-18(31)14-26)29-23(34)20(13-17-9-7-6-8-10-17)28-21(32)15-27-22(33)16-30(4)5/h6-10,14,19-20,26H,11-13,15-16H2,1-5H3,(H,27,33)(H,28,32)(H,29,34)/t19-,20-/m0/s1. The van der Waals surface area contributed by atoms with Crippen LogP contribution in [0.5, 0.6) is 0 Å². The summed E-state index contributed by atoms with van der Waals surface area (Å²) in [6.45, 7) is 4.81. The molecule has 0 saturated heterocycles. The summed E-state index contributed by atoms with van der Waals surface area (Å²) in [5, 5.41) is 14.7. The molecule has 0 aliphatic carbocycles. The smallest absolute Gasteiger partial charge is 0.329 e. The number of ether oxygens (including phenoxy) is 1. The van der Waals surface area contributed by atoms with Crippen LogP contribution >= 0.6 is 0 Å². The minimum Gasteiger partial charge on any atom is -0.458 e. The van der Waals surface area contributed by atoms with Crippen molar-refractivity contribution >= 4 is 35.7 Å². The molecule has 0 aliphatic rings. The van der Waals surface area contributed by atoms with Gasteiger partial charge in [-0.1, -0.05) is 30.3 Å². The zero-order valence-electron chi connectivity index (χ0n) is 21.6. The number of hydrogen-bond acceptors (Lipinski definition) is 8. The Morgan fingerprint density at radius 2 is 1.64 bits per heavy atom. The number of hydrogen-bond donors (Lipinski definition) is 4. The Hall–Kier alpha value is -3.60. The molecule has 11 nitrogen and oxygen atoms in total. The summed E-state index contributed by atoms with van der Waals surface area (Å²) >= 11 is 0. The van der Waals surface area contributed by atoms with Crippen LogP contribution in [0.25, 0.3) is 0 Å². The van der Waals surface area contributed by atoms with Gasteiger partial charge in [0.2, 0.25) is 17.7 Å². The summed E-state index contributed by atoms with van der Waals surface area (Å²) < 4.78 is 5.38. The van der Waals surface area contributed by atoms with Crippen LogP contribution in [0.4, 0.5) is 0 Å². The van der Waals surface area contributed by atoms with Gasteiger partial charge >= 0.3 is 5.97 Å². The molecule has 1 aromatic rings. The van der Waals surface area contributed by atoms with Crippen LogP contribution < -0.4 is 16.0 Å². The maximum atomic E-state index is 13.2. The Morgan fingerprint density at radius 3 is 2.19 bits per heavy atom. The molecule has 0 fully saturated rings. The van der Waals surface area contributed by atoms with Gasteiger partial charge in [-0.15, -0.1) is 0 Å². The van der Waals surface area contributed by atoms with E-state index in [4.69, 9.17) is 10.1 Å². The first-order valence-corrected chi connectivity index (χ1v) is 11.6. The first-order chi connectivity index (χ1) is 16.8. The van der Waals surface area contributed by atoms with E-state index in [1.165, 1.54) is 0 Å². The molecule has 36 heavy (non-hydrogen) atoms. The van der Waals surface area contributed by atoms with E-state index >= 15 is 0 Å². The van der Waals surface area contributed by atoms with Crippen molar-refractivity contribution in [2.45, 2.75) is 57.7 Å². The number of Topliss-reactive ketones (excluding diaryl/α,β-unsaturated/α-hetero) is 1. The van der Waals surface area contributed by atoms with Crippen molar-refractivity contribution in [3.05, 3.63) is 35.9 Å². The zero-order chi connectivity index (χ0) is 27.3. The van der Waals surface area contributed by atoms with Crippen molar-refractivity contribution < 1.29 is 28.7 Å². The second kappa shape index (κ2) is 14.7. The lowest BCUT2D eigenvalue weighted by Gasteiger charge is -2.26. The minimum atomic E-state index is -1.16. The maximum Gasteiger partial charge on any atom is 0.329 e. The predicted octanol–water partition coefficient (Wildman–Crippen LogP) is 0.217. The molecule has 0 spiro atoms. The fourth-order valence-corrected chi connectivity index (χ4v) is 3.08. The molecular weight excluding hydrogens is 466 g/mol. The monoisotopic (exact) mass is 503 g/mol. The van der Waals surface area contributed by atoms with Crippen LogP contribution in [0, 0.1) is 5.41 Å². The first-order valence-electron chi connectivity index (χ1n) is 11.6. The number of amides is 3. The summed E-state index contributed by atoms with van der Waals surface area (Å²) in [5.41, 5.74) is -0.0593. The van der Waals surface area contributed by atoms with E-state index in [1.54, 1.807) is 64.0 Å². The van der Waals surface area contributed by atoms with Gasteiger partial charge < -0.3 is 31.0 Å².